The summed E-state index contributed by atoms with van der Waals surface area (Å²) >= 11 is 0. The molecule has 0 aliphatic carbocycles. The highest BCUT2D eigenvalue weighted by Crippen LogP contribution is 2.15. The maximum absolute atomic E-state index is 11.7. The first kappa shape index (κ1) is 13.8. The van der Waals surface area contributed by atoms with Gasteiger partial charge in [-0.25, -0.2) is 10.4 Å². The molecule has 0 bridgehead atoms. The van der Waals surface area contributed by atoms with Crippen LogP contribution in [0.4, 0.5) is 5.95 Å². The van der Waals surface area contributed by atoms with Crippen LogP contribution in [0.5, 0.6) is 0 Å². The largest absolute Gasteiger partial charge is 0.291 e. The van der Waals surface area contributed by atoms with Crippen LogP contribution in [0, 0.1) is 0 Å². The van der Waals surface area contributed by atoms with Crippen molar-refractivity contribution in [1.82, 2.24) is 9.97 Å². The number of anilines is 1. The normalized spacial score (nSPS) is 10.7. The number of benzene rings is 2. The summed E-state index contributed by atoms with van der Waals surface area (Å²) in [6.07, 6.45) is 1.66. The molecule has 0 aliphatic heterocycles. The highest BCUT2D eigenvalue weighted by Gasteiger charge is 2.02. The molecular formula is C17H14N4O. The van der Waals surface area contributed by atoms with Crippen LogP contribution < -0.4 is 11.0 Å². The Morgan fingerprint density at radius 1 is 1.00 bits per heavy atom. The van der Waals surface area contributed by atoms with E-state index in [2.05, 4.69) is 20.5 Å². The van der Waals surface area contributed by atoms with Gasteiger partial charge in [-0.3, -0.25) is 9.78 Å². The second-order valence-electron chi connectivity index (χ2n) is 4.63. The Labute approximate surface area is 127 Å². The SMILES string of the molecule is O=c1cc(-c2ccccc2)nc(N/N=C\c2ccccc2)[nH]1. The number of aromatic nitrogens is 2. The molecular weight excluding hydrogens is 276 g/mol. The smallest absolute Gasteiger partial charge is 0.252 e. The average molecular weight is 290 g/mol. The second-order valence-corrected chi connectivity index (χ2v) is 4.63. The molecule has 0 radical (unpaired) electrons. The maximum atomic E-state index is 11.7. The van der Waals surface area contributed by atoms with Crippen molar-refractivity contribution in [3.05, 3.63) is 82.6 Å². The standard InChI is InChI=1S/C17H14N4O/c22-16-11-15(14-9-5-2-6-10-14)19-17(20-16)21-18-12-13-7-3-1-4-8-13/h1-12H,(H2,19,20,21,22)/b18-12-. The first-order valence-electron chi connectivity index (χ1n) is 6.82. The minimum Gasteiger partial charge on any atom is -0.291 e. The number of nitrogens with one attached hydrogen (secondary N) is 2. The van der Waals surface area contributed by atoms with Crippen LogP contribution in [0.15, 0.2) is 76.6 Å². The first-order chi connectivity index (χ1) is 10.8. The summed E-state index contributed by atoms with van der Waals surface area (Å²) < 4.78 is 0. The highest BCUT2D eigenvalue weighted by molar-refractivity contribution is 5.79. The van der Waals surface area contributed by atoms with E-state index in [-0.39, 0.29) is 5.56 Å². The molecule has 3 rings (SSSR count). The van der Waals surface area contributed by atoms with E-state index in [1.54, 1.807) is 6.21 Å². The van der Waals surface area contributed by atoms with Gasteiger partial charge in [0, 0.05) is 11.6 Å². The van der Waals surface area contributed by atoms with Crippen LogP contribution in [0.2, 0.25) is 0 Å². The Bertz CT molecular complexity index is 826. The minimum absolute atomic E-state index is 0.230. The van der Waals surface area contributed by atoms with E-state index >= 15 is 0 Å². The number of H-pyrrole nitrogens is 1. The van der Waals surface area contributed by atoms with Crippen molar-refractivity contribution < 1.29 is 0 Å². The van der Waals surface area contributed by atoms with Gasteiger partial charge in [0.25, 0.3) is 5.56 Å². The zero-order chi connectivity index (χ0) is 15.2. The minimum atomic E-state index is -0.230. The molecule has 1 heterocycles. The molecule has 0 saturated heterocycles. The van der Waals surface area contributed by atoms with Gasteiger partial charge >= 0.3 is 0 Å². The van der Waals surface area contributed by atoms with Crippen LogP contribution in [0.25, 0.3) is 11.3 Å². The van der Waals surface area contributed by atoms with Crippen LogP contribution in [-0.4, -0.2) is 16.2 Å². The van der Waals surface area contributed by atoms with E-state index in [0.717, 1.165) is 11.1 Å². The lowest BCUT2D eigenvalue weighted by Crippen LogP contribution is -2.10. The molecule has 0 amide bonds. The molecule has 3 aromatic rings. The third-order valence-electron chi connectivity index (χ3n) is 2.99. The predicted molar refractivity (Wildman–Crippen MR) is 88.0 cm³/mol. The number of aromatic amines is 1. The molecule has 0 spiro atoms. The summed E-state index contributed by atoms with van der Waals surface area (Å²) in [6, 6.07) is 20.6. The quantitative estimate of drug-likeness (QED) is 0.573. The molecule has 108 valence electrons. The van der Waals surface area contributed by atoms with Gasteiger partial charge in [0.1, 0.15) is 0 Å². The predicted octanol–water partition coefficient (Wildman–Crippen LogP) is 2.88. The monoisotopic (exact) mass is 290 g/mol. The molecule has 0 aliphatic rings. The number of rotatable bonds is 4. The summed E-state index contributed by atoms with van der Waals surface area (Å²) in [5.41, 5.74) is 4.95. The van der Waals surface area contributed by atoms with Gasteiger partial charge in [-0.05, 0) is 5.56 Å². The lowest BCUT2D eigenvalue weighted by Gasteiger charge is -2.03. The van der Waals surface area contributed by atoms with Crippen molar-refractivity contribution in [2.45, 2.75) is 0 Å². The first-order valence-corrected chi connectivity index (χ1v) is 6.82. The molecule has 1 aromatic heterocycles. The van der Waals surface area contributed by atoms with Gasteiger partial charge < -0.3 is 0 Å². The van der Waals surface area contributed by atoms with E-state index in [1.165, 1.54) is 6.07 Å². The van der Waals surface area contributed by atoms with Crippen LogP contribution in [0.1, 0.15) is 5.56 Å². The Balaban J connectivity index is 1.81. The van der Waals surface area contributed by atoms with Crippen molar-refractivity contribution in [3.8, 4) is 11.3 Å². The molecule has 5 heteroatoms. The molecule has 0 atom stereocenters. The number of nitrogens with zero attached hydrogens (tertiary/aromatic N) is 2. The fourth-order valence-electron chi connectivity index (χ4n) is 1.97. The molecule has 5 nitrogen and oxygen atoms in total. The fraction of sp³-hybridized carbons (Fsp3) is 0. The topological polar surface area (TPSA) is 70.1 Å². The van der Waals surface area contributed by atoms with E-state index < -0.39 is 0 Å². The fourth-order valence-corrected chi connectivity index (χ4v) is 1.97. The van der Waals surface area contributed by atoms with Crippen LogP contribution in [0.3, 0.4) is 0 Å². The van der Waals surface area contributed by atoms with Gasteiger partial charge in [0.05, 0.1) is 11.9 Å². The Hall–Kier alpha value is -3.21. The molecule has 22 heavy (non-hydrogen) atoms. The number of hydrogen-bond acceptors (Lipinski definition) is 4. The van der Waals surface area contributed by atoms with Gasteiger partial charge in [-0.15, -0.1) is 0 Å². The summed E-state index contributed by atoms with van der Waals surface area (Å²) in [5.74, 6) is 0.304. The van der Waals surface area contributed by atoms with Gasteiger partial charge in [0.2, 0.25) is 5.95 Å². The van der Waals surface area contributed by atoms with Crippen molar-refractivity contribution in [3.63, 3.8) is 0 Å². The zero-order valence-corrected chi connectivity index (χ0v) is 11.7. The third-order valence-corrected chi connectivity index (χ3v) is 2.99. The van der Waals surface area contributed by atoms with Gasteiger partial charge in [0.15, 0.2) is 0 Å². The summed E-state index contributed by atoms with van der Waals surface area (Å²) in [4.78, 5) is 18.7. The lowest BCUT2D eigenvalue weighted by atomic mass is 10.1. The van der Waals surface area contributed by atoms with Crippen molar-refractivity contribution >= 4 is 12.2 Å². The van der Waals surface area contributed by atoms with Crippen molar-refractivity contribution in [1.29, 1.82) is 0 Å². The molecule has 0 unspecified atom stereocenters. The number of hydrogen-bond donors (Lipinski definition) is 2. The zero-order valence-electron chi connectivity index (χ0n) is 11.7. The third kappa shape index (κ3) is 3.46. The van der Waals surface area contributed by atoms with E-state index in [0.29, 0.717) is 11.6 Å². The number of hydrazone groups is 1. The maximum Gasteiger partial charge on any atom is 0.252 e. The summed E-state index contributed by atoms with van der Waals surface area (Å²) in [5, 5.41) is 4.08. The molecule has 2 aromatic carbocycles. The van der Waals surface area contributed by atoms with E-state index in [9.17, 15) is 4.79 Å². The van der Waals surface area contributed by atoms with Crippen molar-refractivity contribution in [2.24, 2.45) is 5.10 Å². The van der Waals surface area contributed by atoms with Crippen molar-refractivity contribution in [2.75, 3.05) is 5.43 Å². The van der Waals surface area contributed by atoms with Crippen LogP contribution in [-0.2, 0) is 0 Å². The summed E-state index contributed by atoms with van der Waals surface area (Å²) in [6.45, 7) is 0. The summed E-state index contributed by atoms with van der Waals surface area (Å²) in [7, 11) is 0. The van der Waals surface area contributed by atoms with E-state index in [4.69, 9.17) is 0 Å². The van der Waals surface area contributed by atoms with Crippen LogP contribution >= 0.6 is 0 Å². The molecule has 0 fully saturated rings. The van der Waals surface area contributed by atoms with Gasteiger partial charge in [-0.1, -0.05) is 60.7 Å². The second kappa shape index (κ2) is 6.49. The lowest BCUT2D eigenvalue weighted by molar-refractivity contribution is 1.09. The highest BCUT2D eigenvalue weighted by atomic mass is 16.1. The molecule has 0 saturated carbocycles. The van der Waals surface area contributed by atoms with Gasteiger partial charge in [-0.2, -0.15) is 5.10 Å². The van der Waals surface area contributed by atoms with E-state index in [1.807, 2.05) is 60.7 Å². The average Bonchev–Trinajstić information content (AvgIpc) is 2.56. The Kier molecular flexibility index (Phi) is 4.06. The Morgan fingerprint density at radius 3 is 2.41 bits per heavy atom. The Morgan fingerprint density at radius 2 is 1.68 bits per heavy atom. The molecule has 2 N–H and O–H groups in total.